The van der Waals surface area contributed by atoms with Gasteiger partial charge in [-0.2, -0.15) is 0 Å². The molecule has 0 spiro atoms. The van der Waals surface area contributed by atoms with Gasteiger partial charge >= 0.3 is 0 Å². The van der Waals surface area contributed by atoms with E-state index in [1.165, 1.54) is 5.56 Å². The number of rotatable bonds is 6. The number of aliphatic hydroxyl groups is 1. The Balaban J connectivity index is 2.65. The normalized spacial score (nSPS) is 14.9. The molecule has 1 aromatic heterocycles. The van der Waals surface area contributed by atoms with E-state index in [2.05, 4.69) is 23.3 Å². The Morgan fingerprint density at radius 2 is 2.33 bits per heavy atom. The van der Waals surface area contributed by atoms with Gasteiger partial charge in [-0.1, -0.05) is 19.4 Å². The van der Waals surface area contributed by atoms with E-state index < -0.39 is 0 Å². The van der Waals surface area contributed by atoms with Crippen LogP contribution in [0, 0.1) is 0 Å². The van der Waals surface area contributed by atoms with Crippen molar-refractivity contribution in [3.63, 3.8) is 0 Å². The van der Waals surface area contributed by atoms with E-state index in [1.54, 1.807) is 6.20 Å². The smallest absolute Gasteiger partial charge is 0.0582 e. The molecule has 0 aliphatic rings. The van der Waals surface area contributed by atoms with Crippen molar-refractivity contribution in [2.75, 3.05) is 6.61 Å². The van der Waals surface area contributed by atoms with E-state index in [1.807, 2.05) is 19.2 Å². The summed E-state index contributed by atoms with van der Waals surface area (Å²) in [5.74, 6) is 0. The van der Waals surface area contributed by atoms with E-state index in [-0.39, 0.29) is 12.6 Å². The lowest BCUT2D eigenvalue weighted by Crippen LogP contribution is -2.33. The zero-order valence-corrected chi connectivity index (χ0v) is 9.48. The van der Waals surface area contributed by atoms with Gasteiger partial charge in [-0.15, -0.1) is 0 Å². The topological polar surface area (TPSA) is 45.1 Å². The molecule has 3 heteroatoms. The highest BCUT2D eigenvalue weighted by Gasteiger charge is 2.12. The van der Waals surface area contributed by atoms with Gasteiger partial charge in [-0.05, 0) is 25.0 Å². The number of aliphatic hydroxyl groups excluding tert-OH is 1. The summed E-state index contributed by atoms with van der Waals surface area (Å²) < 4.78 is 0. The zero-order chi connectivity index (χ0) is 11.1. The SMILES string of the molecule is CCCC(N[C@H](C)CO)c1cccnc1. The molecular weight excluding hydrogens is 188 g/mol. The van der Waals surface area contributed by atoms with Gasteiger partial charge < -0.3 is 10.4 Å². The Hall–Kier alpha value is -0.930. The van der Waals surface area contributed by atoms with Gasteiger partial charge in [0.25, 0.3) is 0 Å². The molecule has 2 atom stereocenters. The summed E-state index contributed by atoms with van der Waals surface area (Å²) in [6, 6.07) is 4.45. The number of nitrogens with zero attached hydrogens (tertiary/aromatic N) is 1. The van der Waals surface area contributed by atoms with Crippen molar-refractivity contribution in [3.8, 4) is 0 Å². The molecule has 1 rings (SSSR count). The summed E-state index contributed by atoms with van der Waals surface area (Å²) >= 11 is 0. The van der Waals surface area contributed by atoms with Gasteiger partial charge in [0.15, 0.2) is 0 Å². The van der Waals surface area contributed by atoms with Crippen molar-refractivity contribution in [2.45, 2.75) is 38.8 Å². The summed E-state index contributed by atoms with van der Waals surface area (Å²) in [6.07, 6.45) is 5.85. The standard InChI is InChI=1S/C12H20N2O/c1-3-5-12(14-10(2)9-15)11-6-4-7-13-8-11/h4,6-8,10,12,14-15H,3,5,9H2,1-2H3/t10-,12?/m1/s1. The summed E-state index contributed by atoms with van der Waals surface area (Å²) in [5.41, 5.74) is 1.19. The average Bonchev–Trinajstić information content (AvgIpc) is 2.29. The van der Waals surface area contributed by atoms with Gasteiger partial charge in [0.05, 0.1) is 6.61 Å². The van der Waals surface area contributed by atoms with Gasteiger partial charge in [0.1, 0.15) is 0 Å². The predicted molar refractivity (Wildman–Crippen MR) is 61.6 cm³/mol. The Morgan fingerprint density at radius 1 is 1.53 bits per heavy atom. The van der Waals surface area contributed by atoms with E-state index in [4.69, 9.17) is 5.11 Å². The highest BCUT2D eigenvalue weighted by Crippen LogP contribution is 2.17. The van der Waals surface area contributed by atoms with Crippen LogP contribution in [0.4, 0.5) is 0 Å². The minimum atomic E-state index is 0.127. The Bertz CT molecular complexity index is 264. The van der Waals surface area contributed by atoms with Crippen LogP contribution in [0.1, 0.15) is 38.3 Å². The molecule has 0 saturated carbocycles. The number of pyridine rings is 1. The highest BCUT2D eigenvalue weighted by molar-refractivity contribution is 5.13. The van der Waals surface area contributed by atoms with E-state index in [9.17, 15) is 0 Å². The molecule has 1 heterocycles. The minimum absolute atomic E-state index is 0.127. The Morgan fingerprint density at radius 3 is 2.87 bits per heavy atom. The molecule has 0 aliphatic heterocycles. The second kappa shape index (κ2) is 6.53. The molecule has 0 saturated heterocycles. The fourth-order valence-electron chi connectivity index (χ4n) is 1.61. The molecule has 0 amide bonds. The molecule has 3 nitrogen and oxygen atoms in total. The average molecular weight is 208 g/mol. The third-order valence-corrected chi connectivity index (χ3v) is 2.42. The molecule has 0 aliphatic carbocycles. The maximum absolute atomic E-state index is 9.02. The van der Waals surface area contributed by atoms with Crippen LogP contribution in [-0.4, -0.2) is 22.7 Å². The van der Waals surface area contributed by atoms with Gasteiger partial charge in [0, 0.05) is 24.5 Å². The van der Waals surface area contributed by atoms with Crippen LogP contribution in [0.15, 0.2) is 24.5 Å². The van der Waals surface area contributed by atoms with Crippen LogP contribution in [-0.2, 0) is 0 Å². The monoisotopic (exact) mass is 208 g/mol. The summed E-state index contributed by atoms with van der Waals surface area (Å²) in [6.45, 7) is 4.31. The van der Waals surface area contributed by atoms with Gasteiger partial charge in [0.2, 0.25) is 0 Å². The van der Waals surface area contributed by atoms with Crippen molar-refractivity contribution < 1.29 is 5.11 Å². The number of hydrogen-bond acceptors (Lipinski definition) is 3. The van der Waals surface area contributed by atoms with Crippen molar-refractivity contribution in [3.05, 3.63) is 30.1 Å². The molecular formula is C12H20N2O. The molecule has 84 valence electrons. The lowest BCUT2D eigenvalue weighted by molar-refractivity contribution is 0.238. The van der Waals surface area contributed by atoms with Crippen LogP contribution in [0.5, 0.6) is 0 Å². The number of hydrogen-bond donors (Lipinski definition) is 2. The molecule has 0 bridgehead atoms. The van der Waals surface area contributed by atoms with Gasteiger partial charge in [-0.3, -0.25) is 4.98 Å². The van der Waals surface area contributed by atoms with Crippen LogP contribution >= 0.6 is 0 Å². The fourth-order valence-corrected chi connectivity index (χ4v) is 1.61. The highest BCUT2D eigenvalue weighted by atomic mass is 16.3. The molecule has 0 radical (unpaired) electrons. The third-order valence-electron chi connectivity index (χ3n) is 2.42. The first-order chi connectivity index (χ1) is 7.27. The largest absolute Gasteiger partial charge is 0.395 e. The van der Waals surface area contributed by atoms with Crippen LogP contribution in [0.2, 0.25) is 0 Å². The van der Waals surface area contributed by atoms with Crippen LogP contribution in [0.25, 0.3) is 0 Å². The van der Waals surface area contributed by atoms with Crippen molar-refractivity contribution in [2.24, 2.45) is 0 Å². The number of aromatic nitrogens is 1. The lowest BCUT2D eigenvalue weighted by Gasteiger charge is -2.21. The van der Waals surface area contributed by atoms with E-state index >= 15 is 0 Å². The van der Waals surface area contributed by atoms with Gasteiger partial charge in [-0.25, -0.2) is 0 Å². The van der Waals surface area contributed by atoms with Crippen LogP contribution in [0.3, 0.4) is 0 Å². The Labute approximate surface area is 91.5 Å². The fraction of sp³-hybridized carbons (Fsp3) is 0.583. The molecule has 1 aromatic rings. The Kier molecular flexibility index (Phi) is 5.29. The predicted octanol–water partition coefficient (Wildman–Crippen LogP) is 1.89. The van der Waals surface area contributed by atoms with Crippen molar-refractivity contribution in [1.29, 1.82) is 0 Å². The van der Waals surface area contributed by atoms with E-state index in [0.717, 1.165) is 12.8 Å². The maximum Gasteiger partial charge on any atom is 0.0582 e. The first-order valence-corrected chi connectivity index (χ1v) is 5.54. The molecule has 15 heavy (non-hydrogen) atoms. The first kappa shape index (κ1) is 12.1. The molecule has 0 fully saturated rings. The van der Waals surface area contributed by atoms with Crippen molar-refractivity contribution >= 4 is 0 Å². The molecule has 2 N–H and O–H groups in total. The number of nitrogens with one attached hydrogen (secondary N) is 1. The second-order valence-corrected chi connectivity index (χ2v) is 3.88. The third kappa shape index (κ3) is 3.98. The zero-order valence-electron chi connectivity index (χ0n) is 9.48. The molecule has 1 unspecified atom stereocenters. The first-order valence-electron chi connectivity index (χ1n) is 5.54. The van der Waals surface area contributed by atoms with Crippen molar-refractivity contribution in [1.82, 2.24) is 10.3 Å². The summed E-state index contributed by atoms with van der Waals surface area (Å²) in [4.78, 5) is 4.12. The minimum Gasteiger partial charge on any atom is -0.395 e. The summed E-state index contributed by atoms with van der Waals surface area (Å²) in [5, 5.41) is 12.4. The summed E-state index contributed by atoms with van der Waals surface area (Å²) in [7, 11) is 0. The maximum atomic E-state index is 9.02. The molecule has 0 aromatic carbocycles. The second-order valence-electron chi connectivity index (χ2n) is 3.88. The quantitative estimate of drug-likeness (QED) is 0.750. The lowest BCUT2D eigenvalue weighted by atomic mass is 10.0. The van der Waals surface area contributed by atoms with E-state index in [0.29, 0.717) is 6.04 Å². The van der Waals surface area contributed by atoms with Crippen LogP contribution < -0.4 is 5.32 Å².